The van der Waals surface area contributed by atoms with Gasteiger partial charge in [-0.25, -0.2) is 4.68 Å². The molecule has 3 atom stereocenters. The van der Waals surface area contributed by atoms with Crippen LogP contribution < -0.4 is 5.32 Å². The van der Waals surface area contributed by atoms with E-state index in [4.69, 9.17) is 0 Å². The first kappa shape index (κ1) is 16.2. The third-order valence-electron chi connectivity index (χ3n) is 5.42. The summed E-state index contributed by atoms with van der Waals surface area (Å²) in [7, 11) is 0. The number of aromatic nitrogens is 4. The normalized spacial score (nSPS) is 24.1. The van der Waals surface area contributed by atoms with Gasteiger partial charge in [0.25, 0.3) is 0 Å². The van der Waals surface area contributed by atoms with Gasteiger partial charge >= 0.3 is 0 Å². The predicted octanol–water partition coefficient (Wildman–Crippen LogP) is 1.12. The molecule has 2 aliphatic heterocycles. The molecule has 2 bridgehead atoms. The minimum absolute atomic E-state index is 0.149. The maximum Gasteiger partial charge on any atom is 0.248 e. The maximum atomic E-state index is 13.5. The van der Waals surface area contributed by atoms with Crippen LogP contribution in [0.2, 0.25) is 0 Å². The highest BCUT2D eigenvalue weighted by Crippen LogP contribution is 2.31. The second-order valence-corrected chi connectivity index (χ2v) is 7.00. The van der Waals surface area contributed by atoms with Gasteiger partial charge in [-0.3, -0.25) is 4.79 Å². The summed E-state index contributed by atoms with van der Waals surface area (Å²) in [4.78, 5) is 15.7. The van der Waals surface area contributed by atoms with Gasteiger partial charge in [-0.2, -0.15) is 0 Å². The monoisotopic (exact) mass is 340 g/mol. The second-order valence-electron chi connectivity index (χ2n) is 7.00. The van der Waals surface area contributed by atoms with Crippen LogP contribution in [0, 0.1) is 6.92 Å². The van der Waals surface area contributed by atoms with Crippen LogP contribution in [0.5, 0.6) is 0 Å². The summed E-state index contributed by atoms with van der Waals surface area (Å²) in [5, 5.41) is 15.3. The Bertz CT molecular complexity index is 716. The Labute approximate surface area is 147 Å². The molecular weight excluding hydrogens is 316 g/mol. The van der Waals surface area contributed by atoms with E-state index in [1.165, 1.54) is 0 Å². The molecule has 0 radical (unpaired) electrons. The van der Waals surface area contributed by atoms with Gasteiger partial charge in [0.1, 0.15) is 11.9 Å². The van der Waals surface area contributed by atoms with E-state index >= 15 is 0 Å². The summed E-state index contributed by atoms with van der Waals surface area (Å²) in [5.41, 5.74) is 1.12. The third kappa shape index (κ3) is 3.16. The molecular formula is C18H24N6O. The van der Waals surface area contributed by atoms with Crippen LogP contribution in [0.25, 0.3) is 0 Å². The lowest BCUT2D eigenvalue weighted by Crippen LogP contribution is -2.46. The Morgan fingerprint density at radius 3 is 2.80 bits per heavy atom. The van der Waals surface area contributed by atoms with Crippen LogP contribution >= 0.6 is 0 Å². The van der Waals surface area contributed by atoms with Crippen molar-refractivity contribution >= 4 is 5.91 Å². The topological polar surface area (TPSA) is 75.9 Å². The summed E-state index contributed by atoms with van der Waals surface area (Å²) in [6, 6.07) is 10.3. The van der Waals surface area contributed by atoms with Crippen molar-refractivity contribution in [3.63, 3.8) is 0 Å². The Balaban J connectivity index is 1.65. The minimum atomic E-state index is -0.390. The van der Waals surface area contributed by atoms with Gasteiger partial charge in [0, 0.05) is 25.0 Å². The molecule has 2 saturated heterocycles. The number of carbonyl (C=O) groups excluding carboxylic acids is 1. The quantitative estimate of drug-likeness (QED) is 0.903. The van der Waals surface area contributed by atoms with Crippen LogP contribution in [0.1, 0.15) is 36.7 Å². The van der Waals surface area contributed by atoms with Crippen molar-refractivity contribution in [3.8, 4) is 0 Å². The molecule has 7 nitrogen and oxygen atoms in total. The first-order valence-electron chi connectivity index (χ1n) is 9.05. The molecule has 3 heterocycles. The molecule has 2 fully saturated rings. The third-order valence-corrected chi connectivity index (χ3v) is 5.42. The highest BCUT2D eigenvalue weighted by molar-refractivity contribution is 5.81. The van der Waals surface area contributed by atoms with E-state index in [1.54, 1.807) is 4.68 Å². The molecule has 1 N–H and O–H groups in total. The zero-order valence-electron chi connectivity index (χ0n) is 14.5. The number of nitrogens with zero attached hydrogens (tertiary/aromatic N) is 5. The highest BCUT2D eigenvalue weighted by Gasteiger charge is 2.41. The van der Waals surface area contributed by atoms with Crippen molar-refractivity contribution in [2.75, 3.05) is 13.1 Å². The number of tetrazole rings is 1. The van der Waals surface area contributed by atoms with Crippen molar-refractivity contribution in [2.24, 2.45) is 0 Å². The van der Waals surface area contributed by atoms with Gasteiger partial charge in [0.2, 0.25) is 5.91 Å². The van der Waals surface area contributed by atoms with E-state index < -0.39 is 6.04 Å². The van der Waals surface area contributed by atoms with Crippen LogP contribution in [0.15, 0.2) is 30.3 Å². The van der Waals surface area contributed by atoms with E-state index in [2.05, 4.69) is 37.9 Å². The Morgan fingerprint density at radius 1 is 1.24 bits per heavy atom. The summed E-state index contributed by atoms with van der Waals surface area (Å²) < 4.78 is 1.69. The van der Waals surface area contributed by atoms with E-state index in [1.807, 2.05) is 25.1 Å². The SMILES string of the molecule is Cc1nnnn1C(Cc1ccccc1)C(=O)N1C2CCNCC1CC2. The molecule has 7 heteroatoms. The smallest absolute Gasteiger partial charge is 0.248 e. The summed E-state index contributed by atoms with van der Waals surface area (Å²) >= 11 is 0. The molecule has 1 amide bonds. The Morgan fingerprint density at radius 2 is 2.04 bits per heavy atom. The van der Waals surface area contributed by atoms with Crippen molar-refractivity contribution in [1.29, 1.82) is 0 Å². The van der Waals surface area contributed by atoms with Gasteiger partial charge in [-0.05, 0) is 48.7 Å². The second kappa shape index (κ2) is 6.92. The predicted molar refractivity (Wildman–Crippen MR) is 92.9 cm³/mol. The Hall–Kier alpha value is -2.28. The summed E-state index contributed by atoms with van der Waals surface area (Å²) in [6.45, 7) is 3.72. The lowest BCUT2D eigenvalue weighted by molar-refractivity contribution is -0.137. The molecule has 0 aliphatic carbocycles. The number of nitrogens with one attached hydrogen (secondary N) is 1. The molecule has 2 aromatic rings. The van der Waals surface area contributed by atoms with Gasteiger partial charge in [0.05, 0.1) is 0 Å². The standard InChI is InChI=1S/C18H24N6O/c1-13-20-21-22-24(13)17(11-14-5-3-2-4-6-14)18(25)23-15-7-8-16(23)12-19-10-9-15/h2-6,15-17,19H,7-12H2,1H3. The van der Waals surface area contributed by atoms with E-state index in [0.717, 1.165) is 37.9 Å². The molecule has 2 aliphatic rings. The van der Waals surface area contributed by atoms with Crippen LogP contribution in [0.3, 0.4) is 0 Å². The molecule has 0 spiro atoms. The molecule has 4 rings (SSSR count). The fourth-order valence-electron chi connectivity index (χ4n) is 4.16. The first-order chi connectivity index (χ1) is 12.2. The van der Waals surface area contributed by atoms with E-state index in [9.17, 15) is 4.79 Å². The molecule has 132 valence electrons. The molecule has 0 saturated carbocycles. The van der Waals surface area contributed by atoms with Crippen LogP contribution in [0.4, 0.5) is 0 Å². The van der Waals surface area contributed by atoms with Crippen molar-refractivity contribution in [3.05, 3.63) is 41.7 Å². The van der Waals surface area contributed by atoms with Gasteiger partial charge in [-0.1, -0.05) is 30.3 Å². The maximum absolute atomic E-state index is 13.5. The average Bonchev–Trinajstić information content (AvgIpc) is 3.15. The number of hydrogen-bond acceptors (Lipinski definition) is 5. The minimum Gasteiger partial charge on any atom is -0.334 e. The number of rotatable bonds is 4. The highest BCUT2D eigenvalue weighted by atomic mass is 16.2. The fourth-order valence-corrected chi connectivity index (χ4v) is 4.16. The van der Waals surface area contributed by atoms with Crippen molar-refractivity contribution in [1.82, 2.24) is 30.4 Å². The van der Waals surface area contributed by atoms with Crippen LogP contribution in [-0.2, 0) is 11.2 Å². The number of hydrogen-bond donors (Lipinski definition) is 1. The number of fused-ring (bicyclic) bond motifs is 2. The lowest BCUT2D eigenvalue weighted by atomic mass is 10.0. The zero-order valence-corrected chi connectivity index (χ0v) is 14.5. The largest absolute Gasteiger partial charge is 0.334 e. The molecule has 25 heavy (non-hydrogen) atoms. The summed E-state index contributed by atoms with van der Waals surface area (Å²) in [6.07, 6.45) is 3.81. The van der Waals surface area contributed by atoms with Gasteiger partial charge in [-0.15, -0.1) is 5.10 Å². The number of amides is 1. The molecule has 1 aromatic heterocycles. The van der Waals surface area contributed by atoms with Gasteiger partial charge < -0.3 is 10.2 Å². The van der Waals surface area contributed by atoms with Crippen molar-refractivity contribution in [2.45, 2.75) is 50.7 Å². The lowest BCUT2D eigenvalue weighted by Gasteiger charge is -2.31. The zero-order chi connectivity index (χ0) is 17.2. The Kier molecular flexibility index (Phi) is 4.48. The number of aryl methyl sites for hydroxylation is 1. The molecule has 3 unspecified atom stereocenters. The molecule has 1 aromatic carbocycles. The average molecular weight is 340 g/mol. The fraction of sp³-hybridized carbons (Fsp3) is 0.556. The van der Waals surface area contributed by atoms with E-state index in [-0.39, 0.29) is 11.9 Å². The van der Waals surface area contributed by atoms with Gasteiger partial charge in [0.15, 0.2) is 0 Å². The number of benzene rings is 1. The number of carbonyl (C=O) groups is 1. The van der Waals surface area contributed by atoms with Crippen LogP contribution in [-0.4, -0.2) is 56.2 Å². The summed E-state index contributed by atoms with van der Waals surface area (Å²) in [5.74, 6) is 0.824. The van der Waals surface area contributed by atoms with Crippen molar-refractivity contribution < 1.29 is 4.79 Å². The first-order valence-corrected chi connectivity index (χ1v) is 9.05. The van der Waals surface area contributed by atoms with E-state index in [0.29, 0.717) is 18.3 Å².